The molecule has 19 nitrogen and oxygen atoms in total. The molecular weight excluding hydrogens is 832 g/mol. The lowest BCUT2D eigenvalue weighted by Gasteiger charge is -2.46. The van der Waals surface area contributed by atoms with Gasteiger partial charge in [-0.05, 0) is 66.2 Å². The van der Waals surface area contributed by atoms with Crippen molar-refractivity contribution in [1.82, 2.24) is 29.9 Å². The Kier molecular flexibility index (Phi) is 12.1. The number of halogens is 1. The number of hydrogen-bond donors (Lipinski definition) is 1. The van der Waals surface area contributed by atoms with Crippen LogP contribution in [0.15, 0.2) is 72.8 Å². The molecule has 328 valence electrons. The Bertz CT molecular complexity index is 2270. The third-order valence-electron chi connectivity index (χ3n) is 11.3. The maximum Gasteiger partial charge on any atom is 0.328 e. The summed E-state index contributed by atoms with van der Waals surface area (Å²) in [7, 11) is 0. The molecule has 0 bridgehead atoms. The number of hydrogen-bond acceptors (Lipinski definition) is 18. The second-order valence-corrected chi connectivity index (χ2v) is 15.8. The van der Waals surface area contributed by atoms with Crippen LogP contribution in [0.2, 0.25) is 5.02 Å². The van der Waals surface area contributed by atoms with Gasteiger partial charge in [0.2, 0.25) is 35.8 Å². The van der Waals surface area contributed by atoms with E-state index in [0.717, 1.165) is 11.3 Å². The molecule has 5 aromatic rings. The molecule has 63 heavy (non-hydrogen) atoms. The smallest absolute Gasteiger partial charge is 0.328 e. The molecule has 5 aliphatic rings. The van der Waals surface area contributed by atoms with Crippen molar-refractivity contribution in [2.24, 2.45) is 0 Å². The van der Waals surface area contributed by atoms with E-state index in [0.29, 0.717) is 157 Å². The molecule has 0 spiro atoms. The van der Waals surface area contributed by atoms with E-state index in [9.17, 15) is 4.79 Å². The summed E-state index contributed by atoms with van der Waals surface area (Å²) >= 11 is 6.17. The van der Waals surface area contributed by atoms with Crippen LogP contribution in [0.3, 0.4) is 0 Å². The van der Waals surface area contributed by atoms with Gasteiger partial charge in [0.05, 0.1) is 52.9 Å². The highest BCUT2D eigenvalue weighted by Gasteiger charge is 2.51. The molecule has 5 aliphatic heterocycles. The number of aromatic nitrogens is 6. The van der Waals surface area contributed by atoms with Crippen LogP contribution < -0.4 is 39.3 Å². The number of rotatable bonds is 12. The highest BCUT2D eigenvalue weighted by atomic mass is 35.5. The van der Waals surface area contributed by atoms with Gasteiger partial charge in [0, 0.05) is 68.8 Å². The van der Waals surface area contributed by atoms with E-state index in [1.54, 1.807) is 29.2 Å². The van der Waals surface area contributed by atoms with Crippen LogP contribution in [0, 0.1) is 0 Å². The van der Waals surface area contributed by atoms with Gasteiger partial charge in [-0.1, -0.05) is 23.7 Å². The molecule has 10 rings (SSSR count). The molecule has 0 saturated carbocycles. The van der Waals surface area contributed by atoms with E-state index in [2.05, 4.69) is 24.9 Å². The quantitative estimate of drug-likeness (QED) is 0.177. The summed E-state index contributed by atoms with van der Waals surface area (Å²) in [5.41, 5.74) is 2.29. The minimum absolute atomic E-state index is 0.185. The topological polar surface area (TPSA) is 178 Å². The zero-order chi connectivity index (χ0) is 42.5. The largest absolute Gasteiger partial charge is 0.478 e. The monoisotopic (exact) mass is 878 g/mol. The summed E-state index contributed by atoms with van der Waals surface area (Å²) in [4.78, 5) is 52.7. The van der Waals surface area contributed by atoms with Crippen molar-refractivity contribution in [3.63, 3.8) is 0 Å². The summed E-state index contributed by atoms with van der Waals surface area (Å²) in [6.45, 7) is 10.2. The maximum atomic E-state index is 14.0. The zero-order valence-corrected chi connectivity index (χ0v) is 35.3. The van der Waals surface area contributed by atoms with Crippen molar-refractivity contribution in [3.05, 3.63) is 83.4 Å². The van der Waals surface area contributed by atoms with E-state index < -0.39 is 12.1 Å². The van der Waals surface area contributed by atoms with Gasteiger partial charge in [-0.3, -0.25) is 9.69 Å². The molecule has 3 aromatic carbocycles. The van der Waals surface area contributed by atoms with Crippen molar-refractivity contribution >= 4 is 58.6 Å². The fourth-order valence-electron chi connectivity index (χ4n) is 7.93. The van der Waals surface area contributed by atoms with Crippen LogP contribution in [-0.2, 0) is 23.7 Å². The molecule has 20 heteroatoms. The Morgan fingerprint density at radius 3 is 1.46 bits per heavy atom. The van der Waals surface area contributed by atoms with Gasteiger partial charge < -0.3 is 53.3 Å². The van der Waals surface area contributed by atoms with E-state index in [-0.39, 0.29) is 11.9 Å². The van der Waals surface area contributed by atoms with Crippen molar-refractivity contribution in [3.8, 4) is 17.5 Å². The van der Waals surface area contributed by atoms with Crippen LogP contribution in [0.1, 0.15) is 11.6 Å². The molecule has 7 heterocycles. The fraction of sp³-hybridized carbons (Fsp3) is 0.419. The average Bonchev–Trinajstić information content (AvgIpc) is 3.34. The number of nitrogens with zero attached hydrogens (tertiary/aromatic N) is 11. The summed E-state index contributed by atoms with van der Waals surface area (Å²) in [6, 6.07) is 21.9. The van der Waals surface area contributed by atoms with Gasteiger partial charge in [0.15, 0.2) is 0 Å². The number of β-lactam (4-membered cyclic amide) rings is 1. The van der Waals surface area contributed by atoms with Crippen LogP contribution in [-0.4, -0.2) is 147 Å². The normalized spacial score (nSPS) is 20.7. The Balaban J connectivity index is 0.897. The summed E-state index contributed by atoms with van der Waals surface area (Å²) in [6.07, 6.45) is -0.797. The Morgan fingerprint density at radius 2 is 0.984 bits per heavy atom. The van der Waals surface area contributed by atoms with Gasteiger partial charge in [0.25, 0.3) is 5.91 Å². The van der Waals surface area contributed by atoms with Gasteiger partial charge in [-0.2, -0.15) is 29.9 Å². The Labute approximate surface area is 368 Å². The predicted molar refractivity (Wildman–Crippen MR) is 234 cm³/mol. The Morgan fingerprint density at radius 1 is 0.540 bits per heavy atom. The first kappa shape index (κ1) is 40.9. The van der Waals surface area contributed by atoms with E-state index >= 15 is 0 Å². The molecule has 5 saturated heterocycles. The van der Waals surface area contributed by atoms with Crippen molar-refractivity contribution in [2.45, 2.75) is 12.1 Å². The second-order valence-electron chi connectivity index (χ2n) is 15.4. The molecule has 0 aliphatic carbocycles. The SMILES string of the molecule is O=C1[C@@H](Oc2ccc(Cl)cc2)[C@@H](c2ccc(Oc3nc(N4CCOCC4)nc(N4CCOCC4)n3)cc2)N1c1ccc(Nc2nc(N3CCOCC3)nc(N3CCOCC3)n2)cc1. The average molecular weight is 879 g/mol. The van der Waals surface area contributed by atoms with Crippen molar-refractivity contribution in [2.75, 3.05) is 135 Å². The van der Waals surface area contributed by atoms with E-state index in [1.807, 2.05) is 48.5 Å². The lowest BCUT2D eigenvalue weighted by molar-refractivity contribution is -0.135. The number of nitrogens with one attached hydrogen (secondary N) is 1. The number of ether oxygens (including phenoxy) is 6. The number of anilines is 7. The van der Waals surface area contributed by atoms with Gasteiger partial charge in [-0.25, -0.2) is 0 Å². The lowest BCUT2D eigenvalue weighted by Crippen LogP contribution is -2.61. The van der Waals surface area contributed by atoms with Gasteiger partial charge in [0.1, 0.15) is 17.5 Å². The molecule has 2 aromatic heterocycles. The fourth-order valence-corrected chi connectivity index (χ4v) is 8.06. The molecule has 0 unspecified atom stereocenters. The molecule has 1 N–H and O–H groups in total. The van der Waals surface area contributed by atoms with Crippen LogP contribution in [0.5, 0.6) is 17.5 Å². The number of carbonyl (C=O) groups excluding carboxylic acids is 1. The number of morpholine rings is 4. The minimum Gasteiger partial charge on any atom is -0.478 e. The van der Waals surface area contributed by atoms with Crippen molar-refractivity contribution < 1.29 is 33.2 Å². The molecular formula is C43H47ClN12O7. The van der Waals surface area contributed by atoms with Crippen LogP contribution >= 0.6 is 11.6 Å². The number of amides is 1. The Hall–Kier alpha value is -6.12. The number of carbonyl (C=O) groups is 1. The summed E-state index contributed by atoms with van der Waals surface area (Å²) in [5.74, 6) is 3.56. The first-order valence-electron chi connectivity index (χ1n) is 21.2. The predicted octanol–water partition coefficient (Wildman–Crippen LogP) is 4.13. The summed E-state index contributed by atoms with van der Waals surface area (Å²) in [5, 5.41) is 3.95. The highest BCUT2D eigenvalue weighted by Crippen LogP contribution is 2.42. The number of benzene rings is 3. The highest BCUT2D eigenvalue weighted by molar-refractivity contribution is 6.30. The molecule has 1 amide bonds. The van der Waals surface area contributed by atoms with Crippen LogP contribution in [0.4, 0.5) is 41.1 Å². The first-order chi connectivity index (χ1) is 31.0. The van der Waals surface area contributed by atoms with Gasteiger partial charge >= 0.3 is 6.01 Å². The zero-order valence-electron chi connectivity index (χ0n) is 34.6. The first-order valence-corrected chi connectivity index (χ1v) is 21.6. The van der Waals surface area contributed by atoms with Crippen LogP contribution in [0.25, 0.3) is 0 Å². The second kappa shape index (κ2) is 18.7. The van der Waals surface area contributed by atoms with E-state index in [1.165, 1.54) is 0 Å². The molecule has 5 fully saturated rings. The van der Waals surface area contributed by atoms with Gasteiger partial charge in [-0.15, -0.1) is 0 Å². The minimum atomic E-state index is -0.797. The maximum absolute atomic E-state index is 14.0. The molecule has 0 radical (unpaired) electrons. The standard InChI is InChI=1S/C43H47ClN12O7/c44-30-3-11-33(12-4-30)62-36-35(29-1-9-34(10-2-29)63-43-50-41(54-17-25-60-26-18-54)49-42(51-43)55-19-27-61-28-20-55)56(37(36)57)32-7-5-31(6-8-32)45-38-46-39(52-13-21-58-22-14-52)48-40(47-38)53-15-23-59-24-16-53/h1-12,35-36H,13-28H2,(H,45,46,47,48)/t35-,36+/m1/s1. The summed E-state index contributed by atoms with van der Waals surface area (Å²) < 4.78 is 34.9. The molecule has 2 atom stereocenters. The third-order valence-corrected chi connectivity index (χ3v) is 11.6. The third kappa shape index (κ3) is 9.33. The lowest BCUT2D eigenvalue weighted by atomic mass is 9.89. The van der Waals surface area contributed by atoms with E-state index in [4.69, 9.17) is 69.9 Å². The van der Waals surface area contributed by atoms with Crippen molar-refractivity contribution in [1.29, 1.82) is 0 Å².